The van der Waals surface area contributed by atoms with Gasteiger partial charge in [-0.1, -0.05) is 35.9 Å². The summed E-state index contributed by atoms with van der Waals surface area (Å²) in [5.41, 5.74) is 3.23. The Morgan fingerprint density at radius 3 is 2.53 bits per heavy atom. The molecule has 0 aromatic heterocycles. The zero-order valence-corrected chi connectivity index (χ0v) is 9.80. The van der Waals surface area contributed by atoms with E-state index in [9.17, 15) is 5.11 Å². The third-order valence-corrected chi connectivity index (χ3v) is 2.69. The van der Waals surface area contributed by atoms with Crippen molar-refractivity contribution in [3.8, 4) is 5.75 Å². The van der Waals surface area contributed by atoms with E-state index in [2.05, 4.69) is 6.08 Å². The molecule has 1 aliphatic rings. The fraction of sp³-hybridized carbons (Fsp3) is 0.200. The average molecular weight is 228 g/mol. The van der Waals surface area contributed by atoms with Crippen molar-refractivity contribution in [1.82, 2.24) is 0 Å². The molecule has 1 aromatic carbocycles. The number of benzene rings is 1. The van der Waals surface area contributed by atoms with E-state index in [0.29, 0.717) is 0 Å². The molecule has 0 aliphatic heterocycles. The van der Waals surface area contributed by atoms with E-state index in [1.165, 1.54) is 5.57 Å². The summed E-state index contributed by atoms with van der Waals surface area (Å²) in [5, 5.41) is 18.8. The highest BCUT2D eigenvalue weighted by Gasteiger charge is 2.07. The van der Waals surface area contributed by atoms with Gasteiger partial charge in [-0.15, -0.1) is 0 Å². The molecule has 2 nitrogen and oxygen atoms in total. The minimum atomic E-state index is -0.375. The van der Waals surface area contributed by atoms with Crippen LogP contribution in [0.1, 0.15) is 18.9 Å². The van der Waals surface area contributed by atoms with Crippen molar-refractivity contribution in [2.75, 3.05) is 0 Å². The molecule has 1 aliphatic carbocycles. The molecule has 0 bridgehead atoms. The molecule has 0 radical (unpaired) electrons. The van der Waals surface area contributed by atoms with Gasteiger partial charge in [0, 0.05) is 0 Å². The predicted molar refractivity (Wildman–Crippen MR) is 69.6 cm³/mol. The summed E-state index contributed by atoms with van der Waals surface area (Å²) in [6, 6.07) is 7.01. The van der Waals surface area contributed by atoms with Gasteiger partial charge in [0.1, 0.15) is 5.75 Å². The molecule has 88 valence electrons. The van der Waals surface area contributed by atoms with Crippen LogP contribution in [-0.2, 0) is 0 Å². The third-order valence-electron chi connectivity index (χ3n) is 2.69. The maximum Gasteiger partial charge on any atom is 0.115 e. The lowest BCUT2D eigenvalue weighted by atomic mass is 9.98. The number of aliphatic hydroxyl groups is 1. The number of aliphatic hydroxyl groups excluding tert-OH is 1. The molecule has 0 heterocycles. The molecule has 2 rings (SSSR count). The van der Waals surface area contributed by atoms with Crippen molar-refractivity contribution < 1.29 is 10.2 Å². The van der Waals surface area contributed by atoms with Crippen molar-refractivity contribution in [1.29, 1.82) is 0 Å². The summed E-state index contributed by atoms with van der Waals surface area (Å²) >= 11 is 0. The first-order chi connectivity index (χ1) is 8.13. The topological polar surface area (TPSA) is 40.5 Å². The summed E-state index contributed by atoms with van der Waals surface area (Å²) in [6.45, 7) is 2.02. The molecule has 1 aromatic rings. The number of allylic oxidation sites excluding steroid dienone is 3. The quantitative estimate of drug-likeness (QED) is 0.816. The van der Waals surface area contributed by atoms with Crippen LogP contribution in [0.15, 0.2) is 53.6 Å². The molecular weight excluding hydrogens is 212 g/mol. The zero-order chi connectivity index (χ0) is 12.3. The summed E-state index contributed by atoms with van der Waals surface area (Å²) in [7, 11) is 0. The second-order valence-corrected chi connectivity index (χ2v) is 4.35. The Bertz CT molecular complexity index is 478. The number of rotatable bonds is 2. The molecule has 1 atom stereocenters. The van der Waals surface area contributed by atoms with Crippen molar-refractivity contribution in [2.24, 2.45) is 0 Å². The van der Waals surface area contributed by atoms with Gasteiger partial charge in [-0.05, 0) is 42.7 Å². The lowest BCUT2D eigenvalue weighted by Crippen LogP contribution is -2.07. The summed E-state index contributed by atoms with van der Waals surface area (Å²) in [6.07, 6.45) is 8.20. The summed E-state index contributed by atoms with van der Waals surface area (Å²) < 4.78 is 0. The van der Waals surface area contributed by atoms with Crippen LogP contribution in [0.25, 0.3) is 6.08 Å². The Kier molecular flexibility index (Phi) is 3.45. The van der Waals surface area contributed by atoms with E-state index in [-0.39, 0.29) is 11.9 Å². The maximum absolute atomic E-state index is 9.60. The largest absolute Gasteiger partial charge is 0.508 e. The van der Waals surface area contributed by atoms with E-state index >= 15 is 0 Å². The lowest BCUT2D eigenvalue weighted by molar-refractivity contribution is 0.221. The Hall–Kier alpha value is -1.80. The molecule has 0 fully saturated rings. The molecule has 0 amide bonds. The predicted octanol–water partition coefficient (Wildman–Crippen LogP) is 3.04. The van der Waals surface area contributed by atoms with Gasteiger partial charge < -0.3 is 10.2 Å². The molecule has 0 saturated heterocycles. The third kappa shape index (κ3) is 3.33. The summed E-state index contributed by atoms with van der Waals surface area (Å²) in [5.74, 6) is 0.269. The fourth-order valence-electron chi connectivity index (χ4n) is 1.88. The van der Waals surface area contributed by atoms with E-state index in [1.54, 1.807) is 12.1 Å². The van der Waals surface area contributed by atoms with Crippen molar-refractivity contribution in [3.63, 3.8) is 0 Å². The minimum absolute atomic E-state index is 0.269. The van der Waals surface area contributed by atoms with Crippen LogP contribution in [-0.4, -0.2) is 16.3 Å². The highest BCUT2D eigenvalue weighted by Crippen LogP contribution is 2.19. The van der Waals surface area contributed by atoms with Crippen LogP contribution in [0, 0.1) is 0 Å². The van der Waals surface area contributed by atoms with Crippen LogP contribution in [0.5, 0.6) is 5.75 Å². The standard InChI is InChI=1S/C15H16O2/c1-11-8-13(10-15(17)9-11)3-2-12-4-6-14(16)7-5-12/h2-8,10,15-17H,9H2,1H3/b3-2+. The highest BCUT2D eigenvalue weighted by atomic mass is 16.3. The van der Waals surface area contributed by atoms with E-state index in [0.717, 1.165) is 17.6 Å². The van der Waals surface area contributed by atoms with E-state index in [4.69, 9.17) is 5.11 Å². The average Bonchev–Trinajstić information content (AvgIpc) is 2.27. The molecule has 1 unspecified atom stereocenters. The lowest BCUT2D eigenvalue weighted by Gasteiger charge is -2.13. The zero-order valence-electron chi connectivity index (χ0n) is 9.80. The van der Waals surface area contributed by atoms with E-state index < -0.39 is 0 Å². The van der Waals surface area contributed by atoms with Crippen LogP contribution in [0.4, 0.5) is 0 Å². The fourth-order valence-corrected chi connectivity index (χ4v) is 1.88. The number of hydrogen-bond donors (Lipinski definition) is 2. The van der Waals surface area contributed by atoms with Gasteiger partial charge in [0.05, 0.1) is 6.10 Å². The van der Waals surface area contributed by atoms with E-state index in [1.807, 2.05) is 37.3 Å². The molecule has 2 N–H and O–H groups in total. The SMILES string of the molecule is CC1=CC(/C=C/c2ccc(O)cc2)=CC(O)C1. The smallest absolute Gasteiger partial charge is 0.115 e. The van der Waals surface area contributed by atoms with Crippen molar-refractivity contribution in [2.45, 2.75) is 19.4 Å². The Balaban J connectivity index is 2.13. The van der Waals surface area contributed by atoms with Crippen LogP contribution in [0.2, 0.25) is 0 Å². The van der Waals surface area contributed by atoms with Gasteiger partial charge in [0.25, 0.3) is 0 Å². The first-order valence-electron chi connectivity index (χ1n) is 5.68. The van der Waals surface area contributed by atoms with Crippen molar-refractivity contribution >= 4 is 6.08 Å². The number of phenols is 1. The Morgan fingerprint density at radius 1 is 1.18 bits per heavy atom. The van der Waals surface area contributed by atoms with Gasteiger partial charge in [-0.2, -0.15) is 0 Å². The van der Waals surface area contributed by atoms with Gasteiger partial charge >= 0.3 is 0 Å². The highest BCUT2D eigenvalue weighted by molar-refractivity contribution is 5.56. The minimum Gasteiger partial charge on any atom is -0.508 e. The Labute approximate surface area is 101 Å². The number of aromatic hydroxyl groups is 1. The number of hydrogen-bond acceptors (Lipinski definition) is 2. The van der Waals surface area contributed by atoms with Crippen LogP contribution < -0.4 is 0 Å². The normalized spacial score (nSPS) is 20.2. The molecular formula is C15H16O2. The van der Waals surface area contributed by atoms with Gasteiger partial charge in [0.2, 0.25) is 0 Å². The van der Waals surface area contributed by atoms with Crippen molar-refractivity contribution in [3.05, 3.63) is 59.2 Å². The molecule has 17 heavy (non-hydrogen) atoms. The summed E-state index contributed by atoms with van der Waals surface area (Å²) in [4.78, 5) is 0. The molecule has 0 spiro atoms. The monoisotopic (exact) mass is 228 g/mol. The Morgan fingerprint density at radius 2 is 1.88 bits per heavy atom. The second kappa shape index (κ2) is 5.02. The first-order valence-corrected chi connectivity index (χ1v) is 5.68. The van der Waals surface area contributed by atoms with Gasteiger partial charge in [-0.3, -0.25) is 0 Å². The van der Waals surface area contributed by atoms with Crippen LogP contribution >= 0.6 is 0 Å². The molecule has 0 saturated carbocycles. The van der Waals surface area contributed by atoms with Crippen LogP contribution in [0.3, 0.4) is 0 Å². The first kappa shape index (κ1) is 11.7. The number of phenolic OH excluding ortho intramolecular Hbond substituents is 1. The molecule has 2 heteroatoms. The van der Waals surface area contributed by atoms with Gasteiger partial charge in [-0.25, -0.2) is 0 Å². The second-order valence-electron chi connectivity index (χ2n) is 4.35. The maximum atomic E-state index is 9.60. The van der Waals surface area contributed by atoms with Gasteiger partial charge in [0.15, 0.2) is 0 Å².